The molecule has 0 radical (unpaired) electrons. The minimum atomic E-state index is -0.358. The zero-order chi connectivity index (χ0) is 19.5. The molecule has 0 unspecified atom stereocenters. The molecule has 1 saturated carbocycles. The van der Waals surface area contributed by atoms with Crippen LogP contribution in [0.5, 0.6) is 0 Å². The van der Waals surface area contributed by atoms with Gasteiger partial charge < -0.3 is 15.0 Å². The number of hydrogen-bond donors (Lipinski definition) is 2. The van der Waals surface area contributed by atoms with Gasteiger partial charge in [0.2, 0.25) is 5.91 Å². The van der Waals surface area contributed by atoms with Crippen LogP contribution in [-0.4, -0.2) is 33.5 Å². The highest BCUT2D eigenvalue weighted by molar-refractivity contribution is 5.86. The Morgan fingerprint density at radius 2 is 1.79 bits per heavy atom. The molecule has 3 aromatic rings. The Bertz CT molecular complexity index is 1070. The number of aliphatic hydroxyl groups excluding tert-OH is 1. The Kier molecular flexibility index (Phi) is 3.85. The quantitative estimate of drug-likeness (QED) is 0.660. The van der Waals surface area contributed by atoms with E-state index in [4.69, 9.17) is 0 Å². The van der Waals surface area contributed by atoms with E-state index in [9.17, 15) is 9.90 Å². The number of aromatic amines is 1. The highest BCUT2D eigenvalue weighted by atomic mass is 16.3. The Morgan fingerprint density at radius 1 is 1.00 bits per heavy atom. The van der Waals surface area contributed by atoms with Crippen molar-refractivity contribution < 1.29 is 9.90 Å². The Morgan fingerprint density at radius 3 is 2.66 bits per heavy atom. The monoisotopic (exact) mass is 386 g/mol. The summed E-state index contributed by atoms with van der Waals surface area (Å²) in [6, 6.07) is 18.9. The van der Waals surface area contributed by atoms with Gasteiger partial charge in [0.25, 0.3) is 0 Å². The standard InChI is InChI=1S/C25H26N2O2/c28-20-11-10-16-14-21(29)27-13-12-18-17-8-4-5-9-19(17)26-24(18)25(27)23(16)22(20)15-6-2-1-3-7-15/h1-9,16,20,22-23,25-26,28H,10-14H2/t16-,20+,22-,23-,25+/m0/s1. The third-order valence-electron chi connectivity index (χ3n) is 7.59. The normalized spacial score (nSPS) is 31.3. The molecule has 1 aromatic heterocycles. The SMILES string of the molecule is O=C1C[C@@H]2CC[C@@H](O)[C@H](c3ccccc3)[C@H]2[C@@H]2c3[nH]c4ccccc4c3CCN12. The highest BCUT2D eigenvalue weighted by Crippen LogP contribution is 2.55. The molecule has 2 aromatic carbocycles. The van der Waals surface area contributed by atoms with Crippen molar-refractivity contribution in [2.24, 2.45) is 11.8 Å². The fraction of sp³-hybridized carbons (Fsp3) is 0.400. The molecule has 1 saturated heterocycles. The van der Waals surface area contributed by atoms with Crippen LogP contribution < -0.4 is 0 Å². The fourth-order valence-electron chi connectivity index (χ4n) is 6.41. The van der Waals surface area contributed by atoms with Gasteiger partial charge in [-0.15, -0.1) is 0 Å². The van der Waals surface area contributed by atoms with E-state index in [-0.39, 0.29) is 29.9 Å². The van der Waals surface area contributed by atoms with Crippen molar-refractivity contribution in [1.29, 1.82) is 0 Å². The highest BCUT2D eigenvalue weighted by Gasteiger charge is 2.52. The Labute approximate surface area is 170 Å². The number of fused-ring (bicyclic) bond motifs is 7. The number of H-pyrrole nitrogens is 1. The lowest BCUT2D eigenvalue weighted by Gasteiger charge is -2.53. The topological polar surface area (TPSA) is 56.3 Å². The molecule has 3 heterocycles. The van der Waals surface area contributed by atoms with Crippen molar-refractivity contribution >= 4 is 16.8 Å². The number of rotatable bonds is 1. The minimum Gasteiger partial charge on any atom is -0.392 e. The van der Waals surface area contributed by atoms with Gasteiger partial charge in [0.1, 0.15) is 0 Å². The summed E-state index contributed by atoms with van der Waals surface area (Å²) in [4.78, 5) is 18.9. The second-order valence-electron chi connectivity index (χ2n) is 8.97. The lowest BCUT2D eigenvalue weighted by atomic mass is 9.60. The fourth-order valence-corrected chi connectivity index (χ4v) is 6.41. The third kappa shape index (κ3) is 2.52. The number of carbonyl (C=O) groups excluding carboxylic acids is 1. The summed E-state index contributed by atoms with van der Waals surface area (Å²) in [5.41, 5.74) is 4.92. The van der Waals surface area contributed by atoms with Gasteiger partial charge in [-0.25, -0.2) is 0 Å². The van der Waals surface area contributed by atoms with Crippen molar-refractivity contribution in [3.63, 3.8) is 0 Å². The van der Waals surface area contributed by atoms with Gasteiger partial charge in [-0.2, -0.15) is 0 Å². The zero-order valence-electron chi connectivity index (χ0n) is 16.4. The van der Waals surface area contributed by atoms with Crippen LogP contribution in [0.4, 0.5) is 0 Å². The number of benzene rings is 2. The van der Waals surface area contributed by atoms with Gasteiger partial charge >= 0.3 is 0 Å². The summed E-state index contributed by atoms with van der Waals surface area (Å²) >= 11 is 0. The number of aromatic nitrogens is 1. The molecule has 3 aliphatic rings. The van der Waals surface area contributed by atoms with E-state index < -0.39 is 0 Å². The molecular weight excluding hydrogens is 360 g/mol. The van der Waals surface area contributed by atoms with E-state index in [1.54, 1.807) is 0 Å². The first-order valence-electron chi connectivity index (χ1n) is 10.8. The summed E-state index contributed by atoms with van der Waals surface area (Å²) in [7, 11) is 0. The van der Waals surface area contributed by atoms with Crippen molar-refractivity contribution in [3.05, 3.63) is 71.4 Å². The Hall–Kier alpha value is -2.59. The molecule has 0 bridgehead atoms. The number of aliphatic hydroxyl groups is 1. The first kappa shape index (κ1) is 17.3. The Balaban J connectivity index is 1.54. The van der Waals surface area contributed by atoms with E-state index >= 15 is 0 Å². The molecule has 29 heavy (non-hydrogen) atoms. The van der Waals surface area contributed by atoms with E-state index in [1.165, 1.54) is 22.2 Å². The second kappa shape index (κ2) is 6.46. The number of amides is 1. The van der Waals surface area contributed by atoms with Gasteiger partial charge in [0, 0.05) is 35.5 Å². The van der Waals surface area contributed by atoms with Crippen molar-refractivity contribution in [2.45, 2.75) is 43.7 Å². The smallest absolute Gasteiger partial charge is 0.223 e. The van der Waals surface area contributed by atoms with Crippen LogP contribution in [0.15, 0.2) is 54.6 Å². The predicted molar refractivity (Wildman–Crippen MR) is 112 cm³/mol. The molecule has 4 nitrogen and oxygen atoms in total. The van der Waals surface area contributed by atoms with Crippen molar-refractivity contribution in [1.82, 2.24) is 9.88 Å². The van der Waals surface area contributed by atoms with Crippen molar-refractivity contribution in [2.75, 3.05) is 6.54 Å². The summed E-state index contributed by atoms with van der Waals surface area (Å²) in [5, 5.41) is 12.4. The molecule has 1 amide bonds. The molecule has 5 atom stereocenters. The van der Waals surface area contributed by atoms with Crippen LogP contribution in [-0.2, 0) is 11.2 Å². The van der Waals surface area contributed by atoms with Gasteiger partial charge in [0.05, 0.1) is 12.1 Å². The van der Waals surface area contributed by atoms with Crippen LogP contribution in [0.1, 0.15) is 48.0 Å². The van der Waals surface area contributed by atoms with Gasteiger partial charge in [-0.1, -0.05) is 48.5 Å². The van der Waals surface area contributed by atoms with E-state index in [2.05, 4.69) is 58.4 Å². The first-order chi connectivity index (χ1) is 14.2. The number of hydrogen-bond acceptors (Lipinski definition) is 2. The number of para-hydroxylation sites is 1. The maximum Gasteiger partial charge on any atom is 0.223 e. The summed E-state index contributed by atoms with van der Waals surface area (Å²) in [6.07, 6.45) is 2.87. The summed E-state index contributed by atoms with van der Waals surface area (Å²) in [5.74, 6) is 0.914. The lowest BCUT2D eigenvalue weighted by Crippen LogP contribution is -2.54. The number of piperidine rings is 1. The minimum absolute atomic E-state index is 0.0255. The predicted octanol–water partition coefficient (Wildman–Crippen LogP) is 4.17. The molecule has 1 aliphatic carbocycles. The first-order valence-corrected chi connectivity index (χ1v) is 10.8. The van der Waals surface area contributed by atoms with Crippen molar-refractivity contribution in [3.8, 4) is 0 Å². The second-order valence-corrected chi connectivity index (χ2v) is 8.97. The summed E-state index contributed by atoms with van der Waals surface area (Å²) in [6.45, 7) is 0.777. The lowest BCUT2D eigenvalue weighted by molar-refractivity contribution is -0.148. The zero-order valence-corrected chi connectivity index (χ0v) is 16.4. The average molecular weight is 386 g/mol. The molecule has 2 N–H and O–H groups in total. The number of nitrogens with one attached hydrogen (secondary N) is 1. The van der Waals surface area contributed by atoms with Crippen LogP contribution in [0.2, 0.25) is 0 Å². The number of carbonyl (C=O) groups is 1. The molecule has 4 heteroatoms. The van der Waals surface area contributed by atoms with Gasteiger partial charge in [0.15, 0.2) is 0 Å². The van der Waals surface area contributed by atoms with Gasteiger partial charge in [-0.3, -0.25) is 4.79 Å². The van der Waals surface area contributed by atoms with Gasteiger partial charge in [-0.05, 0) is 48.3 Å². The molecular formula is C25H26N2O2. The molecule has 2 fully saturated rings. The van der Waals surface area contributed by atoms with Crippen LogP contribution in [0.3, 0.4) is 0 Å². The molecule has 0 spiro atoms. The summed E-state index contributed by atoms with van der Waals surface area (Å²) < 4.78 is 0. The number of nitrogens with zero attached hydrogens (tertiary/aromatic N) is 1. The van der Waals surface area contributed by atoms with Crippen LogP contribution in [0, 0.1) is 11.8 Å². The molecule has 2 aliphatic heterocycles. The molecule has 148 valence electrons. The molecule has 6 rings (SSSR count). The third-order valence-corrected chi connectivity index (χ3v) is 7.59. The van der Waals surface area contributed by atoms with Crippen LogP contribution in [0.25, 0.3) is 10.9 Å². The van der Waals surface area contributed by atoms with E-state index in [0.29, 0.717) is 12.3 Å². The maximum absolute atomic E-state index is 13.1. The van der Waals surface area contributed by atoms with E-state index in [0.717, 1.165) is 31.3 Å². The van der Waals surface area contributed by atoms with E-state index in [1.807, 2.05) is 6.07 Å². The average Bonchev–Trinajstić information content (AvgIpc) is 3.13. The van der Waals surface area contributed by atoms with Crippen LogP contribution >= 0.6 is 0 Å². The maximum atomic E-state index is 13.1. The largest absolute Gasteiger partial charge is 0.392 e.